The van der Waals surface area contributed by atoms with Gasteiger partial charge in [-0.3, -0.25) is 9.69 Å². The van der Waals surface area contributed by atoms with Gasteiger partial charge in [0.25, 0.3) is 5.91 Å². The number of carbonyl (C=O) groups excluding carboxylic acids is 1. The quantitative estimate of drug-likeness (QED) is 0.810. The average Bonchev–Trinajstić information content (AvgIpc) is 2.53. The third-order valence-electron chi connectivity index (χ3n) is 3.84. The van der Waals surface area contributed by atoms with Gasteiger partial charge in [0.1, 0.15) is 0 Å². The molecule has 140 valence electrons. The summed E-state index contributed by atoms with van der Waals surface area (Å²) < 4.78 is 48.2. The zero-order valence-corrected chi connectivity index (χ0v) is 14.6. The molecule has 0 spiro atoms. The molecule has 1 heterocycles. The van der Waals surface area contributed by atoms with Gasteiger partial charge in [0.2, 0.25) is 0 Å². The minimum Gasteiger partial charge on any atom is -0.493 e. The molecule has 0 saturated carbocycles. The molecule has 0 atom stereocenters. The second-order valence-corrected chi connectivity index (χ2v) is 6.22. The van der Waals surface area contributed by atoms with E-state index in [4.69, 9.17) is 9.47 Å². The highest BCUT2D eigenvalue weighted by atomic mass is 19.4. The summed E-state index contributed by atoms with van der Waals surface area (Å²) in [5.74, 6) is 0.778. The van der Waals surface area contributed by atoms with E-state index in [1.54, 1.807) is 23.1 Å². The monoisotopic (exact) mass is 360 g/mol. The van der Waals surface area contributed by atoms with E-state index in [0.29, 0.717) is 17.1 Å². The molecule has 0 bridgehead atoms. The van der Waals surface area contributed by atoms with E-state index < -0.39 is 12.7 Å². The summed E-state index contributed by atoms with van der Waals surface area (Å²) in [6, 6.07) is 4.92. The van der Waals surface area contributed by atoms with Crippen molar-refractivity contribution in [2.75, 3.05) is 39.8 Å². The number of rotatable bonds is 5. The molecular formula is C17H23F3N2O3. The van der Waals surface area contributed by atoms with Crippen LogP contribution in [0, 0.1) is 0 Å². The van der Waals surface area contributed by atoms with Crippen LogP contribution < -0.4 is 9.47 Å². The van der Waals surface area contributed by atoms with Crippen LogP contribution >= 0.6 is 0 Å². The van der Waals surface area contributed by atoms with Crippen LogP contribution in [0.3, 0.4) is 0 Å². The highest BCUT2D eigenvalue weighted by Gasteiger charge is 2.33. The Hall–Kier alpha value is -1.96. The minimum atomic E-state index is -4.22. The summed E-state index contributed by atoms with van der Waals surface area (Å²) in [6.45, 7) is 3.78. The lowest BCUT2D eigenvalue weighted by atomic mass is 10.1. The van der Waals surface area contributed by atoms with Gasteiger partial charge in [0.15, 0.2) is 11.5 Å². The molecule has 0 N–H and O–H groups in total. The van der Waals surface area contributed by atoms with Crippen LogP contribution in [-0.2, 0) is 0 Å². The first-order chi connectivity index (χ1) is 11.7. The molecule has 1 aromatic rings. The molecule has 2 rings (SSSR count). The van der Waals surface area contributed by atoms with Gasteiger partial charge in [0.05, 0.1) is 19.8 Å². The summed E-state index contributed by atoms with van der Waals surface area (Å²) in [5, 5.41) is 0. The minimum absolute atomic E-state index is 0.0304. The number of hydrogen-bond acceptors (Lipinski definition) is 4. The molecule has 1 fully saturated rings. The number of ether oxygens (including phenoxy) is 2. The SMILES string of the molecule is COc1cc(C(=O)N2CCN(CC(F)(F)F)CC2)ccc1OC(C)C. The Morgan fingerprint density at radius 1 is 1.16 bits per heavy atom. The Labute approximate surface area is 145 Å². The molecular weight excluding hydrogens is 337 g/mol. The summed E-state index contributed by atoms with van der Waals surface area (Å²) in [4.78, 5) is 15.5. The largest absolute Gasteiger partial charge is 0.493 e. The smallest absolute Gasteiger partial charge is 0.401 e. The van der Waals surface area contributed by atoms with Gasteiger partial charge in [-0.15, -0.1) is 0 Å². The average molecular weight is 360 g/mol. The molecule has 0 aromatic heterocycles. The highest BCUT2D eigenvalue weighted by Crippen LogP contribution is 2.29. The number of amides is 1. The van der Waals surface area contributed by atoms with Crippen LogP contribution in [0.1, 0.15) is 24.2 Å². The van der Waals surface area contributed by atoms with Gasteiger partial charge in [-0.25, -0.2) is 0 Å². The molecule has 0 radical (unpaired) electrons. The number of methoxy groups -OCH3 is 1. The summed E-state index contributed by atoms with van der Waals surface area (Å²) in [5.41, 5.74) is 0.428. The number of halogens is 3. The Kier molecular flexibility index (Phi) is 6.16. The molecule has 25 heavy (non-hydrogen) atoms. The van der Waals surface area contributed by atoms with Crippen molar-refractivity contribution in [3.8, 4) is 11.5 Å². The van der Waals surface area contributed by atoms with Gasteiger partial charge in [-0.05, 0) is 32.0 Å². The normalized spacial score (nSPS) is 16.2. The van der Waals surface area contributed by atoms with E-state index in [9.17, 15) is 18.0 Å². The second kappa shape index (κ2) is 7.95. The number of carbonyl (C=O) groups is 1. The first kappa shape index (κ1) is 19.4. The Morgan fingerprint density at radius 3 is 2.32 bits per heavy atom. The van der Waals surface area contributed by atoms with Gasteiger partial charge >= 0.3 is 6.18 Å². The number of piperazine rings is 1. The zero-order chi connectivity index (χ0) is 18.6. The van der Waals surface area contributed by atoms with Crippen LogP contribution in [0.2, 0.25) is 0 Å². The lowest BCUT2D eigenvalue weighted by molar-refractivity contribution is -0.148. The van der Waals surface area contributed by atoms with E-state index in [2.05, 4.69) is 0 Å². The van der Waals surface area contributed by atoms with Gasteiger partial charge in [-0.1, -0.05) is 0 Å². The van der Waals surface area contributed by atoms with E-state index in [1.165, 1.54) is 12.0 Å². The molecule has 0 aliphatic carbocycles. The van der Waals surface area contributed by atoms with Gasteiger partial charge in [0, 0.05) is 31.7 Å². The van der Waals surface area contributed by atoms with Crippen molar-refractivity contribution in [3.63, 3.8) is 0 Å². The molecule has 5 nitrogen and oxygen atoms in total. The van der Waals surface area contributed by atoms with E-state index in [1.807, 2.05) is 13.8 Å². The molecule has 1 aliphatic heterocycles. The summed E-state index contributed by atoms with van der Waals surface area (Å²) in [6.07, 6.45) is -4.25. The van der Waals surface area contributed by atoms with Crippen LogP contribution in [0.15, 0.2) is 18.2 Å². The van der Waals surface area contributed by atoms with Crippen LogP contribution in [0.5, 0.6) is 11.5 Å². The Balaban J connectivity index is 2.01. The fourth-order valence-electron chi connectivity index (χ4n) is 2.70. The lowest BCUT2D eigenvalue weighted by Crippen LogP contribution is -2.50. The number of nitrogens with zero attached hydrogens (tertiary/aromatic N) is 2. The molecule has 1 aromatic carbocycles. The Morgan fingerprint density at radius 2 is 1.80 bits per heavy atom. The summed E-state index contributed by atoms with van der Waals surface area (Å²) >= 11 is 0. The van der Waals surface area contributed by atoms with Crippen molar-refractivity contribution in [2.24, 2.45) is 0 Å². The highest BCUT2D eigenvalue weighted by molar-refractivity contribution is 5.95. The number of alkyl halides is 3. The maximum absolute atomic E-state index is 12.6. The number of benzene rings is 1. The molecule has 1 amide bonds. The third kappa shape index (κ3) is 5.52. The Bertz CT molecular complexity index is 597. The fourth-order valence-corrected chi connectivity index (χ4v) is 2.70. The number of hydrogen-bond donors (Lipinski definition) is 0. The van der Waals surface area contributed by atoms with Crippen molar-refractivity contribution in [2.45, 2.75) is 26.1 Å². The first-order valence-corrected chi connectivity index (χ1v) is 8.12. The van der Waals surface area contributed by atoms with Crippen molar-refractivity contribution in [1.82, 2.24) is 9.80 Å². The van der Waals surface area contributed by atoms with Crippen molar-refractivity contribution < 1.29 is 27.4 Å². The van der Waals surface area contributed by atoms with Crippen molar-refractivity contribution in [1.29, 1.82) is 0 Å². The fraction of sp³-hybridized carbons (Fsp3) is 0.588. The predicted octanol–water partition coefficient (Wildman–Crippen LogP) is 2.80. The lowest BCUT2D eigenvalue weighted by Gasteiger charge is -2.35. The van der Waals surface area contributed by atoms with Gasteiger partial charge in [-0.2, -0.15) is 13.2 Å². The van der Waals surface area contributed by atoms with Crippen LogP contribution in [0.25, 0.3) is 0 Å². The van der Waals surface area contributed by atoms with E-state index in [-0.39, 0.29) is 38.2 Å². The van der Waals surface area contributed by atoms with Gasteiger partial charge < -0.3 is 14.4 Å². The topological polar surface area (TPSA) is 42.0 Å². The molecule has 1 aliphatic rings. The first-order valence-electron chi connectivity index (χ1n) is 8.12. The maximum Gasteiger partial charge on any atom is 0.401 e. The van der Waals surface area contributed by atoms with E-state index >= 15 is 0 Å². The van der Waals surface area contributed by atoms with Crippen molar-refractivity contribution in [3.05, 3.63) is 23.8 Å². The second-order valence-electron chi connectivity index (χ2n) is 6.22. The molecule has 0 unspecified atom stereocenters. The van der Waals surface area contributed by atoms with Crippen LogP contribution in [-0.4, -0.2) is 67.8 Å². The molecule has 1 saturated heterocycles. The van der Waals surface area contributed by atoms with E-state index in [0.717, 1.165) is 0 Å². The zero-order valence-electron chi connectivity index (χ0n) is 14.6. The van der Waals surface area contributed by atoms with Crippen LogP contribution in [0.4, 0.5) is 13.2 Å². The van der Waals surface area contributed by atoms with Crippen molar-refractivity contribution >= 4 is 5.91 Å². The maximum atomic E-state index is 12.6. The predicted molar refractivity (Wildman–Crippen MR) is 87.2 cm³/mol. The standard InChI is InChI=1S/C17H23F3N2O3/c1-12(2)25-14-5-4-13(10-15(14)24-3)16(23)22-8-6-21(7-9-22)11-17(18,19)20/h4-5,10,12H,6-9,11H2,1-3H3. The third-order valence-corrected chi connectivity index (χ3v) is 3.84. The molecule has 8 heteroatoms. The summed E-state index contributed by atoms with van der Waals surface area (Å²) in [7, 11) is 1.49.